The number of nitrogens with zero attached hydrogens (tertiary/aromatic N) is 3. The maximum Gasteiger partial charge on any atom is 0.629 e. The molecule has 0 rings (SSSR count). The second-order valence-electron chi connectivity index (χ2n) is 1.29. The van der Waals surface area contributed by atoms with Crippen molar-refractivity contribution in [3.63, 3.8) is 0 Å². The summed E-state index contributed by atoms with van der Waals surface area (Å²) in [4.78, 5) is 24.7. The lowest BCUT2D eigenvalue weighted by molar-refractivity contribution is -0.626. The maximum absolute atomic E-state index is 9.67. The fraction of sp³-hybridized carbons (Fsp3) is 0. The molecule has 60 valence electrons. The van der Waals surface area contributed by atoms with Crippen LogP contribution in [0.15, 0.2) is 12.0 Å². The molecule has 9 nitrogen and oxygen atoms in total. The highest BCUT2D eigenvalue weighted by molar-refractivity contribution is 4.69. The van der Waals surface area contributed by atoms with Crippen LogP contribution in [-0.4, -0.2) is 14.8 Å². The Kier molecular flexibility index (Phi) is 2.60. The van der Waals surface area contributed by atoms with Gasteiger partial charge in [-0.05, 0) is 0 Å². The van der Waals surface area contributed by atoms with E-state index in [9.17, 15) is 30.3 Å². The van der Waals surface area contributed by atoms with Gasteiger partial charge < -0.3 is 0 Å². The van der Waals surface area contributed by atoms with Crippen molar-refractivity contribution in [1.82, 2.24) is 0 Å². The average molecular weight is 163 g/mol. The van der Waals surface area contributed by atoms with Crippen molar-refractivity contribution >= 4 is 0 Å². The topological polar surface area (TPSA) is 129 Å². The molecular formula is C2HN3O6. The quantitative estimate of drug-likeness (QED) is 0.411. The second kappa shape index (κ2) is 3.20. The lowest BCUT2D eigenvalue weighted by atomic mass is 10.8. The summed E-state index contributed by atoms with van der Waals surface area (Å²) >= 11 is 0. The average Bonchev–Trinajstić information content (AvgIpc) is 1.81. The first kappa shape index (κ1) is 8.94. The third-order valence-corrected chi connectivity index (χ3v) is 0.595. The van der Waals surface area contributed by atoms with Gasteiger partial charge in [-0.15, -0.1) is 0 Å². The van der Waals surface area contributed by atoms with Crippen LogP contribution < -0.4 is 0 Å². The zero-order chi connectivity index (χ0) is 9.02. The van der Waals surface area contributed by atoms with Crippen LogP contribution in [0.1, 0.15) is 0 Å². The van der Waals surface area contributed by atoms with Gasteiger partial charge in [-0.25, -0.2) is 0 Å². The summed E-state index contributed by atoms with van der Waals surface area (Å²) in [5.41, 5.74) is 0. The molecule has 0 atom stereocenters. The van der Waals surface area contributed by atoms with Crippen molar-refractivity contribution in [3.05, 3.63) is 42.4 Å². The monoisotopic (exact) mass is 163 g/mol. The lowest BCUT2D eigenvalue weighted by Gasteiger charge is -1.82. The molecular weight excluding hydrogens is 162 g/mol. The van der Waals surface area contributed by atoms with Gasteiger partial charge in [0, 0.05) is 0 Å². The number of hydrogen-bond donors (Lipinski definition) is 0. The predicted molar refractivity (Wildman–Crippen MR) is 29.1 cm³/mol. The van der Waals surface area contributed by atoms with E-state index in [-0.39, 0.29) is 6.20 Å². The van der Waals surface area contributed by atoms with E-state index in [4.69, 9.17) is 0 Å². The van der Waals surface area contributed by atoms with Gasteiger partial charge in [-0.2, -0.15) is 0 Å². The summed E-state index contributed by atoms with van der Waals surface area (Å²) in [5.74, 6) is -1.66. The SMILES string of the molecule is O=[N+]([O-])C=C([N+](=O)[O-])[N+](=O)[O-]. The highest BCUT2D eigenvalue weighted by Crippen LogP contribution is 1.95. The van der Waals surface area contributed by atoms with Crippen LogP contribution in [0.25, 0.3) is 0 Å². The largest absolute Gasteiger partial charge is 0.629 e. The van der Waals surface area contributed by atoms with E-state index < -0.39 is 20.6 Å². The third-order valence-electron chi connectivity index (χ3n) is 0.595. The molecule has 0 amide bonds. The molecule has 0 aliphatic rings. The number of rotatable bonds is 3. The van der Waals surface area contributed by atoms with E-state index in [2.05, 4.69) is 0 Å². The minimum absolute atomic E-state index is 0.278. The smallest absolute Gasteiger partial charge is 0.258 e. The summed E-state index contributed by atoms with van der Waals surface area (Å²) in [6.45, 7) is 0. The third kappa shape index (κ3) is 2.84. The summed E-state index contributed by atoms with van der Waals surface area (Å²) in [7, 11) is 0. The van der Waals surface area contributed by atoms with E-state index in [0.717, 1.165) is 0 Å². The van der Waals surface area contributed by atoms with E-state index >= 15 is 0 Å². The van der Waals surface area contributed by atoms with Gasteiger partial charge in [-0.1, -0.05) is 0 Å². The minimum Gasteiger partial charge on any atom is -0.258 e. The zero-order valence-corrected chi connectivity index (χ0v) is 4.87. The molecule has 0 saturated carbocycles. The van der Waals surface area contributed by atoms with Gasteiger partial charge in [0.05, 0.1) is 4.92 Å². The first-order valence-corrected chi connectivity index (χ1v) is 2.09. The van der Waals surface area contributed by atoms with Gasteiger partial charge in [0.1, 0.15) is 9.85 Å². The Morgan fingerprint density at radius 1 is 1.00 bits per heavy atom. The normalized spacial score (nSPS) is 8.36. The van der Waals surface area contributed by atoms with Gasteiger partial charge in [-0.3, -0.25) is 30.3 Å². The van der Waals surface area contributed by atoms with Crippen LogP contribution in [0.5, 0.6) is 0 Å². The van der Waals surface area contributed by atoms with Crippen molar-refractivity contribution in [1.29, 1.82) is 0 Å². The minimum atomic E-state index is -1.66. The highest BCUT2D eigenvalue weighted by atomic mass is 16.7. The first-order valence-electron chi connectivity index (χ1n) is 2.09. The Morgan fingerprint density at radius 3 is 1.45 bits per heavy atom. The molecule has 0 bridgehead atoms. The molecule has 9 heteroatoms. The Bertz CT molecular complexity index is 226. The van der Waals surface area contributed by atoms with Crippen molar-refractivity contribution in [2.75, 3.05) is 0 Å². The molecule has 0 aromatic carbocycles. The number of nitro groups is 3. The van der Waals surface area contributed by atoms with Gasteiger partial charge >= 0.3 is 12.0 Å². The number of hydrogen-bond acceptors (Lipinski definition) is 6. The van der Waals surface area contributed by atoms with Crippen molar-refractivity contribution < 1.29 is 14.8 Å². The molecule has 0 aliphatic heterocycles. The molecule has 0 fully saturated rings. The van der Waals surface area contributed by atoms with Gasteiger partial charge in [0.25, 0.3) is 0 Å². The highest BCUT2D eigenvalue weighted by Gasteiger charge is 2.30. The summed E-state index contributed by atoms with van der Waals surface area (Å²) in [6, 6.07) is 0. The van der Waals surface area contributed by atoms with Crippen molar-refractivity contribution in [2.24, 2.45) is 0 Å². The Labute approximate surface area is 58.4 Å². The Balaban J connectivity index is 4.75. The zero-order valence-electron chi connectivity index (χ0n) is 4.87. The molecule has 0 aliphatic carbocycles. The predicted octanol–water partition coefficient (Wildman–Crippen LogP) is -0.385. The Morgan fingerprint density at radius 2 is 1.36 bits per heavy atom. The van der Waals surface area contributed by atoms with Crippen LogP contribution in [-0.2, 0) is 0 Å². The molecule has 0 spiro atoms. The summed E-state index contributed by atoms with van der Waals surface area (Å²) in [5, 5.41) is 28.9. The van der Waals surface area contributed by atoms with Crippen LogP contribution >= 0.6 is 0 Å². The van der Waals surface area contributed by atoms with E-state index in [1.165, 1.54) is 0 Å². The first-order chi connectivity index (χ1) is 4.95. The fourth-order valence-electron chi connectivity index (χ4n) is 0.255. The standard InChI is InChI=1S/C2HN3O6/c6-3(7)1-2(4(8)9)5(10)11/h1H. The molecule has 0 unspecified atom stereocenters. The fourth-order valence-corrected chi connectivity index (χ4v) is 0.255. The van der Waals surface area contributed by atoms with E-state index in [0.29, 0.717) is 0 Å². The molecule has 0 aromatic rings. The van der Waals surface area contributed by atoms with E-state index in [1.54, 1.807) is 0 Å². The van der Waals surface area contributed by atoms with Crippen LogP contribution in [0.2, 0.25) is 0 Å². The van der Waals surface area contributed by atoms with Crippen LogP contribution in [0.4, 0.5) is 0 Å². The van der Waals surface area contributed by atoms with Crippen LogP contribution in [0.3, 0.4) is 0 Å². The second-order valence-corrected chi connectivity index (χ2v) is 1.29. The molecule has 11 heavy (non-hydrogen) atoms. The summed E-state index contributed by atoms with van der Waals surface area (Å²) < 4.78 is 0. The maximum atomic E-state index is 9.67. The molecule has 0 N–H and O–H groups in total. The molecule has 0 saturated heterocycles. The lowest BCUT2D eigenvalue weighted by Crippen LogP contribution is -2.10. The van der Waals surface area contributed by atoms with Gasteiger partial charge in [0.2, 0.25) is 0 Å². The van der Waals surface area contributed by atoms with Crippen LogP contribution in [0, 0.1) is 30.3 Å². The Hall–Kier alpha value is -2.06. The molecule has 0 radical (unpaired) electrons. The van der Waals surface area contributed by atoms with E-state index in [1.807, 2.05) is 0 Å². The van der Waals surface area contributed by atoms with Crippen molar-refractivity contribution in [3.8, 4) is 0 Å². The van der Waals surface area contributed by atoms with Gasteiger partial charge in [0.15, 0.2) is 0 Å². The molecule has 0 heterocycles. The van der Waals surface area contributed by atoms with Crippen molar-refractivity contribution in [2.45, 2.75) is 0 Å². The summed E-state index contributed by atoms with van der Waals surface area (Å²) in [6.07, 6.45) is -0.278. The molecule has 0 aromatic heterocycles.